The molecular weight excluding hydrogens is 464 g/mol. The smallest absolute Gasteiger partial charge is 0.255 e. The van der Waals surface area contributed by atoms with Gasteiger partial charge in [-0.2, -0.15) is 5.10 Å². The molecule has 0 unspecified atom stereocenters. The second-order valence-corrected chi connectivity index (χ2v) is 9.78. The molecule has 1 aromatic carbocycles. The molecule has 1 amide bonds. The zero-order chi connectivity index (χ0) is 23.4. The summed E-state index contributed by atoms with van der Waals surface area (Å²) in [6, 6.07) is 4.96. The van der Waals surface area contributed by atoms with E-state index in [9.17, 15) is 4.79 Å². The molecular formula is C22H27ClN6O3S. The van der Waals surface area contributed by atoms with Crippen LogP contribution in [0.1, 0.15) is 24.2 Å². The van der Waals surface area contributed by atoms with Crippen LogP contribution in [0, 0.1) is 0 Å². The van der Waals surface area contributed by atoms with Gasteiger partial charge in [-0.1, -0.05) is 37.2 Å². The number of halogens is 1. The molecule has 3 aromatic rings. The van der Waals surface area contributed by atoms with Crippen LogP contribution in [0.15, 0.2) is 29.6 Å². The molecule has 33 heavy (non-hydrogen) atoms. The minimum Gasteiger partial charge on any atom is -0.496 e. The summed E-state index contributed by atoms with van der Waals surface area (Å²) < 4.78 is 12.6. The van der Waals surface area contributed by atoms with E-state index in [4.69, 9.17) is 31.0 Å². The summed E-state index contributed by atoms with van der Waals surface area (Å²) in [5.74, 6) is 1.09. The standard InChI is InChI=1S/C22H27ClN6O3S/c1-14(2)33-22-26-19(28-8-10-32-11-9-28)17-13-25-29(20(17)27-22)7-6-24-21(30)16-12-15(23)4-5-18(16)31-3/h4-5,12-14H,6-11H2,1-3H3,(H,24,30). The number of carbonyl (C=O) groups excluding carboxylic acids is 1. The SMILES string of the molecule is COc1ccc(Cl)cc1C(=O)NCCn1ncc2c(N3CCOCC3)nc(SC(C)C)nc21. The van der Waals surface area contributed by atoms with Gasteiger partial charge < -0.3 is 19.7 Å². The van der Waals surface area contributed by atoms with Crippen LogP contribution in [-0.2, 0) is 11.3 Å². The molecule has 1 N–H and O–H groups in total. The number of ether oxygens (including phenoxy) is 2. The molecule has 3 heterocycles. The van der Waals surface area contributed by atoms with Crippen molar-refractivity contribution in [3.63, 3.8) is 0 Å². The molecule has 1 aliphatic rings. The maximum atomic E-state index is 12.7. The van der Waals surface area contributed by atoms with Crippen LogP contribution in [0.4, 0.5) is 5.82 Å². The maximum absolute atomic E-state index is 12.7. The average Bonchev–Trinajstić information content (AvgIpc) is 3.21. The van der Waals surface area contributed by atoms with Gasteiger partial charge >= 0.3 is 0 Å². The van der Waals surface area contributed by atoms with Gasteiger partial charge in [0.1, 0.15) is 11.6 Å². The molecule has 1 fully saturated rings. The molecule has 0 saturated carbocycles. The second kappa shape index (κ2) is 10.6. The van der Waals surface area contributed by atoms with Gasteiger partial charge in [-0.25, -0.2) is 14.6 Å². The minimum absolute atomic E-state index is 0.259. The van der Waals surface area contributed by atoms with Crippen molar-refractivity contribution in [2.45, 2.75) is 30.8 Å². The molecule has 0 aliphatic carbocycles. The number of morpholine rings is 1. The van der Waals surface area contributed by atoms with Crippen molar-refractivity contribution in [3.8, 4) is 5.75 Å². The first-order chi connectivity index (χ1) is 16.0. The summed E-state index contributed by atoms with van der Waals surface area (Å²) in [6.07, 6.45) is 1.80. The number of nitrogens with zero attached hydrogens (tertiary/aromatic N) is 5. The Morgan fingerprint density at radius 3 is 2.82 bits per heavy atom. The number of carbonyl (C=O) groups is 1. The number of methoxy groups -OCH3 is 1. The first-order valence-electron chi connectivity index (χ1n) is 10.8. The van der Waals surface area contributed by atoms with Gasteiger partial charge in [0.25, 0.3) is 5.91 Å². The number of thioether (sulfide) groups is 1. The number of rotatable bonds is 8. The van der Waals surface area contributed by atoms with Gasteiger partial charge in [0, 0.05) is 29.9 Å². The molecule has 0 radical (unpaired) electrons. The van der Waals surface area contributed by atoms with Crippen LogP contribution in [0.25, 0.3) is 11.0 Å². The topological polar surface area (TPSA) is 94.4 Å². The number of hydrogen-bond donors (Lipinski definition) is 1. The normalized spacial score (nSPS) is 14.2. The number of nitrogens with one attached hydrogen (secondary N) is 1. The van der Waals surface area contributed by atoms with Crippen LogP contribution in [-0.4, -0.2) is 70.9 Å². The number of fused-ring (bicyclic) bond motifs is 1. The average molecular weight is 491 g/mol. The van der Waals surface area contributed by atoms with Gasteiger partial charge in [-0.3, -0.25) is 4.79 Å². The summed E-state index contributed by atoms with van der Waals surface area (Å²) in [4.78, 5) is 24.5. The largest absolute Gasteiger partial charge is 0.496 e. The fraction of sp³-hybridized carbons (Fsp3) is 0.455. The van der Waals surface area contributed by atoms with Crippen molar-refractivity contribution in [2.24, 2.45) is 0 Å². The van der Waals surface area contributed by atoms with Crippen LogP contribution < -0.4 is 15.0 Å². The lowest BCUT2D eigenvalue weighted by atomic mass is 10.2. The third kappa shape index (κ3) is 5.51. The maximum Gasteiger partial charge on any atom is 0.255 e. The monoisotopic (exact) mass is 490 g/mol. The van der Waals surface area contributed by atoms with Gasteiger partial charge in [-0.05, 0) is 18.2 Å². The fourth-order valence-electron chi connectivity index (χ4n) is 3.59. The number of amides is 1. The lowest BCUT2D eigenvalue weighted by molar-refractivity contribution is 0.0949. The molecule has 1 saturated heterocycles. The van der Waals surface area contributed by atoms with Gasteiger partial charge in [0.2, 0.25) is 0 Å². The van der Waals surface area contributed by atoms with E-state index >= 15 is 0 Å². The number of aromatic nitrogens is 4. The van der Waals surface area contributed by atoms with Crippen molar-refractivity contribution in [1.82, 2.24) is 25.1 Å². The highest BCUT2D eigenvalue weighted by atomic mass is 35.5. The summed E-state index contributed by atoms with van der Waals surface area (Å²) in [5.41, 5.74) is 1.15. The highest BCUT2D eigenvalue weighted by Crippen LogP contribution is 2.29. The van der Waals surface area contributed by atoms with Gasteiger partial charge in [0.05, 0.1) is 44.0 Å². The first kappa shape index (κ1) is 23.6. The van der Waals surface area contributed by atoms with E-state index in [0.29, 0.717) is 53.0 Å². The Hall–Kier alpha value is -2.56. The van der Waals surface area contributed by atoms with Crippen LogP contribution in [0.2, 0.25) is 5.02 Å². The Morgan fingerprint density at radius 1 is 1.30 bits per heavy atom. The van der Waals surface area contributed by atoms with Crippen molar-refractivity contribution >= 4 is 46.1 Å². The Labute approximate surface area is 201 Å². The van der Waals surface area contributed by atoms with E-state index in [1.807, 2.05) is 0 Å². The van der Waals surface area contributed by atoms with E-state index in [0.717, 1.165) is 29.9 Å². The van der Waals surface area contributed by atoms with Crippen LogP contribution in [0.3, 0.4) is 0 Å². The highest BCUT2D eigenvalue weighted by molar-refractivity contribution is 7.99. The van der Waals surface area contributed by atoms with E-state index in [-0.39, 0.29) is 5.91 Å². The van der Waals surface area contributed by atoms with Crippen molar-refractivity contribution < 1.29 is 14.3 Å². The van der Waals surface area contributed by atoms with Gasteiger partial charge in [0.15, 0.2) is 10.8 Å². The molecule has 0 spiro atoms. The molecule has 1 aliphatic heterocycles. The molecule has 0 bridgehead atoms. The summed E-state index contributed by atoms with van der Waals surface area (Å²) in [6.45, 7) is 7.96. The third-order valence-corrected chi connectivity index (χ3v) is 6.22. The predicted octanol–water partition coefficient (Wildman–Crippen LogP) is 3.26. The van der Waals surface area contributed by atoms with Crippen LogP contribution in [0.5, 0.6) is 5.75 Å². The van der Waals surface area contributed by atoms with Gasteiger partial charge in [-0.15, -0.1) is 0 Å². The highest BCUT2D eigenvalue weighted by Gasteiger charge is 2.21. The van der Waals surface area contributed by atoms with E-state index < -0.39 is 0 Å². The summed E-state index contributed by atoms with van der Waals surface area (Å²) >= 11 is 7.67. The molecule has 11 heteroatoms. The molecule has 4 rings (SSSR count). The lowest BCUT2D eigenvalue weighted by Gasteiger charge is -2.28. The lowest BCUT2D eigenvalue weighted by Crippen LogP contribution is -2.37. The number of benzene rings is 1. The third-order valence-electron chi connectivity index (χ3n) is 5.12. The molecule has 2 aromatic heterocycles. The molecule has 9 nitrogen and oxygen atoms in total. The quantitative estimate of drug-likeness (QED) is 0.380. The Bertz CT molecular complexity index is 1130. The molecule has 0 atom stereocenters. The van der Waals surface area contributed by atoms with E-state index in [2.05, 4.69) is 29.2 Å². The van der Waals surface area contributed by atoms with E-state index in [1.54, 1.807) is 40.8 Å². The minimum atomic E-state index is -0.259. The van der Waals surface area contributed by atoms with Crippen molar-refractivity contribution in [2.75, 3.05) is 44.9 Å². The molecule has 176 valence electrons. The Balaban J connectivity index is 1.54. The number of hydrogen-bond acceptors (Lipinski definition) is 8. The second-order valence-electron chi connectivity index (χ2n) is 7.80. The Morgan fingerprint density at radius 2 is 2.09 bits per heavy atom. The van der Waals surface area contributed by atoms with Crippen molar-refractivity contribution in [1.29, 1.82) is 0 Å². The summed E-state index contributed by atoms with van der Waals surface area (Å²) in [7, 11) is 1.52. The Kier molecular flexibility index (Phi) is 7.56. The zero-order valence-corrected chi connectivity index (χ0v) is 20.4. The van der Waals surface area contributed by atoms with Crippen molar-refractivity contribution in [3.05, 3.63) is 35.0 Å². The fourth-order valence-corrected chi connectivity index (χ4v) is 4.46. The number of anilines is 1. The first-order valence-corrected chi connectivity index (χ1v) is 12.1. The van der Waals surface area contributed by atoms with E-state index in [1.165, 1.54) is 7.11 Å². The van der Waals surface area contributed by atoms with Crippen LogP contribution >= 0.6 is 23.4 Å². The predicted molar refractivity (Wildman–Crippen MR) is 130 cm³/mol. The zero-order valence-electron chi connectivity index (χ0n) is 18.9. The summed E-state index contributed by atoms with van der Waals surface area (Å²) in [5, 5.41) is 9.89.